The third-order valence-corrected chi connectivity index (χ3v) is 7.56. The highest BCUT2D eigenvalue weighted by Gasteiger charge is 2.54. The van der Waals surface area contributed by atoms with Crippen molar-refractivity contribution in [3.05, 3.63) is 82.4 Å². The second-order valence-electron chi connectivity index (χ2n) is 9.85. The van der Waals surface area contributed by atoms with Crippen LogP contribution in [0.1, 0.15) is 35.8 Å². The first-order chi connectivity index (χ1) is 18.6. The normalized spacial score (nSPS) is 19.2. The molecule has 2 aromatic carbocycles. The maximum atomic E-state index is 14.1. The maximum absolute atomic E-state index is 14.1. The number of halogens is 2. The molecule has 6 rings (SSSR count). The van der Waals surface area contributed by atoms with Gasteiger partial charge in [-0.05, 0) is 55.7 Å². The van der Waals surface area contributed by atoms with Crippen LogP contribution in [0, 0.1) is 0 Å². The molecule has 0 radical (unpaired) electrons. The summed E-state index contributed by atoms with van der Waals surface area (Å²) < 4.78 is 3.17. The lowest BCUT2D eigenvalue weighted by atomic mass is 9.91. The number of carboxylic acids is 1. The summed E-state index contributed by atoms with van der Waals surface area (Å²) >= 11 is 12.5. The van der Waals surface area contributed by atoms with Gasteiger partial charge in [0, 0.05) is 16.5 Å². The highest BCUT2D eigenvalue weighted by Crippen LogP contribution is 2.44. The number of benzene rings is 2. The van der Waals surface area contributed by atoms with Crippen LogP contribution in [0.3, 0.4) is 0 Å². The zero-order valence-electron chi connectivity index (χ0n) is 20.5. The smallest absolute Gasteiger partial charge is 0.329 e. The second kappa shape index (κ2) is 8.92. The monoisotopic (exact) mass is 565 g/mol. The molecule has 1 aliphatic carbocycles. The molecule has 1 fully saturated rings. The van der Waals surface area contributed by atoms with E-state index >= 15 is 0 Å². The molecule has 0 saturated heterocycles. The number of aromatic nitrogens is 5. The van der Waals surface area contributed by atoms with Gasteiger partial charge in [-0.25, -0.2) is 19.4 Å². The van der Waals surface area contributed by atoms with Crippen LogP contribution in [0.4, 0.5) is 11.6 Å². The molecule has 0 spiro atoms. The Hall–Kier alpha value is -4.22. The van der Waals surface area contributed by atoms with Gasteiger partial charge in [0.2, 0.25) is 5.95 Å². The molecule has 4 aromatic rings. The first-order valence-corrected chi connectivity index (χ1v) is 12.8. The van der Waals surface area contributed by atoms with Crippen LogP contribution in [-0.2, 0) is 21.5 Å². The fourth-order valence-corrected chi connectivity index (χ4v) is 5.45. The van der Waals surface area contributed by atoms with E-state index in [0.29, 0.717) is 28.6 Å². The van der Waals surface area contributed by atoms with E-state index in [0.717, 1.165) is 11.3 Å². The van der Waals surface area contributed by atoms with Crippen molar-refractivity contribution < 1.29 is 19.5 Å². The van der Waals surface area contributed by atoms with Crippen molar-refractivity contribution in [3.63, 3.8) is 0 Å². The molecule has 2 N–H and O–H groups in total. The fraction of sp³-hybridized carbons (Fsp3) is 0.231. The van der Waals surface area contributed by atoms with Crippen molar-refractivity contribution in [2.75, 3.05) is 4.90 Å². The molecule has 1 saturated carbocycles. The third kappa shape index (κ3) is 4.14. The van der Waals surface area contributed by atoms with Crippen LogP contribution >= 0.6 is 23.2 Å². The summed E-state index contributed by atoms with van der Waals surface area (Å²) in [5, 5.41) is 20.7. The van der Waals surface area contributed by atoms with E-state index in [1.807, 2.05) is 24.3 Å². The first-order valence-electron chi connectivity index (χ1n) is 12.0. The summed E-state index contributed by atoms with van der Waals surface area (Å²) in [6.07, 6.45) is 5.51. The molecule has 3 heterocycles. The second-order valence-corrected chi connectivity index (χ2v) is 10.7. The first kappa shape index (κ1) is 25.1. The van der Waals surface area contributed by atoms with Crippen molar-refractivity contribution in [3.8, 4) is 5.69 Å². The number of anilines is 2. The fourth-order valence-electron chi connectivity index (χ4n) is 4.94. The summed E-state index contributed by atoms with van der Waals surface area (Å²) in [6, 6.07) is 12.2. The van der Waals surface area contributed by atoms with Crippen LogP contribution in [0.25, 0.3) is 5.69 Å². The zero-order valence-corrected chi connectivity index (χ0v) is 22.0. The lowest BCUT2D eigenvalue weighted by Gasteiger charge is -2.27. The van der Waals surface area contributed by atoms with Crippen LogP contribution in [-0.4, -0.2) is 53.0 Å². The van der Waals surface area contributed by atoms with E-state index in [4.69, 9.17) is 23.2 Å². The predicted molar refractivity (Wildman–Crippen MR) is 142 cm³/mol. The quantitative estimate of drug-likeness (QED) is 0.348. The zero-order chi connectivity index (χ0) is 27.5. The standard InChI is InChI=1S/C26H21Cl2N7O4/c1-25(13-15-2-4-18(5-3-15)33-9-8-30-32-33)22(37)34(19-11-16(27)10-17(28)12-19)24-29-14-20(35(24)25)21(36)31-26(6-7-26)23(38)39/h2-5,8-12,14H,6-7,13H2,1H3,(H,31,36)(H,38,39)/t25-/m1/s1. The van der Waals surface area contributed by atoms with Gasteiger partial charge in [0.15, 0.2) is 0 Å². The number of carbonyl (C=O) groups excluding carboxylic acids is 2. The lowest BCUT2D eigenvalue weighted by molar-refractivity contribution is -0.140. The number of rotatable bonds is 7. The summed E-state index contributed by atoms with van der Waals surface area (Å²) in [7, 11) is 0. The number of amides is 2. The Morgan fingerprint density at radius 2 is 1.77 bits per heavy atom. The van der Waals surface area contributed by atoms with Gasteiger partial charge in [-0.15, -0.1) is 5.10 Å². The summed E-state index contributed by atoms with van der Waals surface area (Å²) in [5.41, 5.74) is -0.522. The number of imidazole rings is 1. The van der Waals surface area contributed by atoms with E-state index in [1.54, 1.807) is 46.8 Å². The highest BCUT2D eigenvalue weighted by molar-refractivity contribution is 6.35. The Morgan fingerprint density at radius 1 is 1.08 bits per heavy atom. The van der Waals surface area contributed by atoms with E-state index in [-0.39, 0.29) is 24.0 Å². The SMILES string of the molecule is C[C@@]1(Cc2ccc(-n3ccnn3)cc2)C(=O)N(c2cc(Cl)cc(Cl)c2)c2ncc(C(=O)NC3(C(=O)O)CC3)n21. The Bertz CT molecular complexity index is 1610. The minimum Gasteiger partial charge on any atom is -0.480 e. The Kier molecular flexibility index (Phi) is 5.74. The lowest BCUT2D eigenvalue weighted by Crippen LogP contribution is -2.46. The molecule has 11 nitrogen and oxygen atoms in total. The van der Waals surface area contributed by atoms with Crippen molar-refractivity contribution in [2.45, 2.75) is 37.3 Å². The number of nitrogens with zero attached hydrogens (tertiary/aromatic N) is 6. The topological polar surface area (TPSA) is 135 Å². The molecule has 2 aromatic heterocycles. The molecular formula is C26H21Cl2N7O4. The van der Waals surface area contributed by atoms with Crippen molar-refractivity contribution in [2.24, 2.45) is 0 Å². The average Bonchev–Trinajstić information content (AvgIpc) is 3.22. The molecule has 2 aliphatic rings. The summed E-state index contributed by atoms with van der Waals surface area (Å²) in [4.78, 5) is 45.0. The maximum Gasteiger partial charge on any atom is 0.329 e. The predicted octanol–water partition coefficient (Wildman–Crippen LogP) is 3.75. The molecule has 2 amide bonds. The highest BCUT2D eigenvalue weighted by atomic mass is 35.5. The Labute approximate surface area is 232 Å². The van der Waals surface area contributed by atoms with Gasteiger partial charge < -0.3 is 10.4 Å². The molecule has 39 heavy (non-hydrogen) atoms. The molecule has 198 valence electrons. The van der Waals surface area contributed by atoms with Crippen molar-refractivity contribution in [1.29, 1.82) is 0 Å². The van der Waals surface area contributed by atoms with Gasteiger partial charge in [-0.2, -0.15) is 0 Å². The van der Waals surface area contributed by atoms with Crippen LogP contribution in [0.2, 0.25) is 10.0 Å². The molecule has 1 atom stereocenters. The molecule has 0 unspecified atom stereocenters. The van der Waals surface area contributed by atoms with Gasteiger partial charge in [0.1, 0.15) is 16.8 Å². The number of hydrogen-bond acceptors (Lipinski definition) is 6. The minimum atomic E-state index is -1.31. The van der Waals surface area contributed by atoms with Gasteiger partial charge in [-0.3, -0.25) is 14.2 Å². The van der Waals surface area contributed by atoms with Crippen LogP contribution in [0.15, 0.2) is 61.1 Å². The van der Waals surface area contributed by atoms with E-state index in [9.17, 15) is 19.5 Å². The number of nitrogens with one attached hydrogen (secondary N) is 1. The number of aliphatic carboxylic acids is 1. The third-order valence-electron chi connectivity index (χ3n) is 7.12. The van der Waals surface area contributed by atoms with Crippen LogP contribution in [0.5, 0.6) is 0 Å². The molecular weight excluding hydrogens is 545 g/mol. The number of hydrogen-bond donors (Lipinski definition) is 2. The van der Waals surface area contributed by atoms with Gasteiger partial charge in [0.25, 0.3) is 11.8 Å². The van der Waals surface area contributed by atoms with E-state index < -0.39 is 23.0 Å². The van der Waals surface area contributed by atoms with E-state index in [2.05, 4.69) is 20.6 Å². The number of carbonyl (C=O) groups is 3. The largest absolute Gasteiger partial charge is 0.480 e. The van der Waals surface area contributed by atoms with E-state index in [1.165, 1.54) is 11.1 Å². The summed E-state index contributed by atoms with van der Waals surface area (Å²) in [5.74, 6) is -1.87. The van der Waals surface area contributed by atoms with Gasteiger partial charge in [-0.1, -0.05) is 40.5 Å². The number of fused-ring (bicyclic) bond motifs is 1. The molecule has 13 heteroatoms. The Balaban J connectivity index is 1.42. The number of carboxylic acid groups (broad SMARTS) is 1. The minimum absolute atomic E-state index is 0.0724. The average molecular weight is 566 g/mol. The van der Waals surface area contributed by atoms with Crippen molar-refractivity contribution in [1.82, 2.24) is 29.9 Å². The van der Waals surface area contributed by atoms with Gasteiger partial charge in [0.05, 0.1) is 30.0 Å². The van der Waals surface area contributed by atoms with Crippen LogP contribution < -0.4 is 10.2 Å². The molecule has 1 aliphatic heterocycles. The van der Waals surface area contributed by atoms with Gasteiger partial charge >= 0.3 is 5.97 Å². The molecule has 0 bridgehead atoms. The van der Waals surface area contributed by atoms with Crippen molar-refractivity contribution >= 4 is 52.6 Å². The Morgan fingerprint density at radius 3 is 2.36 bits per heavy atom. The summed E-state index contributed by atoms with van der Waals surface area (Å²) in [6.45, 7) is 1.72.